The van der Waals surface area contributed by atoms with Gasteiger partial charge in [-0.1, -0.05) is 11.6 Å². The number of hydrogen-bond acceptors (Lipinski definition) is 3. The molecule has 0 radical (unpaired) electrons. The van der Waals surface area contributed by atoms with Crippen LogP contribution in [0.1, 0.15) is 18.6 Å². The lowest BCUT2D eigenvalue weighted by Gasteiger charge is -2.17. The predicted octanol–water partition coefficient (Wildman–Crippen LogP) is 2.45. The molecule has 102 valence electrons. The lowest BCUT2D eigenvalue weighted by molar-refractivity contribution is -0.126. The van der Waals surface area contributed by atoms with Gasteiger partial charge in [0.05, 0.1) is 5.69 Å². The minimum absolute atomic E-state index is 0.241. The van der Waals surface area contributed by atoms with Gasteiger partial charge >= 0.3 is 6.09 Å². The second kappa shape index (κ2) is 5.09. The van der Waals surface area contributed by atoms with Crippen LogP contribution in [0.3, 0.4) is 0 Å². The Labute approximate surface area is 116 Å². The highest BCUT2D eigenvalue weighted by atomic mass is 35.5. The van der Waals surface area contributed by atoms with E-state index in [2.05, 4.69) is 0 Å². The molecule has 6 heteroatoms. The molecule has 1 aromatic rings. The summed E-state index contributed by atoms with van der Waals surface area (Å²) in [5.41, 5.74) is 1.38. The molecule has 1 aliphatic rings. The van der Waals surface area contributed by atoms with Crippen LogP contribution in [0.25, 0.3) is 0 Å². The maximum absolute atomic E-state index is 12.2. The fourth-order valence-corrected chi connectivity index (χ4v) is 2.20. The molecule has 19 heavy (non-hydrogen) atoms. The molecular formula is C13H15ClN2O3. The van der Waals surface area contributed by atoms with Crippen molar-refractivity contribution in [1.29, 1.82) is 0 Å². The molecule has 1 unspecified atom stereocenters. The third-order valence-corrected chi connectivity index (χ3v) is 3.19. The van der Waals surface area contributed by atoms with E-state index in [1.807, 2.05) is 6.92 Å². The van der Waals surface area contributed by atoms with Crippen LogP contribution in [-0.2, 0) is 9.53 Å². The molecular weight excluding hydrogens is 268 g/mol. The van der Waals surface area contributed by atoms with Crippen LogP contribution >= 0.6 is 11.6 Å². The van der Waals surface area contributed by atoms with E-state index in [1.165, 1.54) is 4.90 Å². The Morgan fingerprint density at radius 3 is 2.74 bits per heavy atom. The molecule has 1 aliphatic heterocycles. The number of hydrogen-bond donors (Lipinski definition) is 0. The normalized spacial score (nSPS) is 17.4. The Kier molecular flexibility index (Phi) is 3.66. The summed E-state index contributed by atoms with van der Waals surface area (Å²) < 4.78 is 5.24. The number of ether oxygens (including phenoxy) is 1. The lowest BCUT2D eigenvalue weighted by Crippen LogP contribution is -2.32. The monoisotopic (exact) mass is 282 g/mol. The first-order chi connectivity index (χ1) is 8.95. The Morgan fingerprint density at radius 1 is 1.47 bits per heavy atom. The second-order valence-electron chi connectivity index (χ2n) is 4.44. The molecule has 0 N–H and O–H groups in total. The summed E-state index contributed by atoms with van der Waals surface area (Å²) in [5.74, 6) is -0.241. The van der Waals surface area contributed by atoms with E-state index >= 15 is 0 Å². The molecule has 1 aromatic carbocycles. The number of rotatable bonds is 2. The molecule has 0 spiro atoms. The Balaban J connectivity index is 2.38. The van der Waals surface area contributed by atoms with Gasteiger partial charge in [-0.2, -0.15) is 0 Å². The molecule has 2 rings (SSSR count). The van der Waals surface area contributed by atoms with Gasteiger partial charge in [-0.25, -0.2) is 4.79 Å². The fourth-order valence-electron chi connectivity index (χ4n) is 2.02. The van der Waals surface area contributed by atoms with Gasteiger partial charge in [0.25, 0.3) is 5.91 Å². The maximum atomic E-state index is 12.2. The number of nitrogens with zero attached hydrogens (tertiary/aromatic N) is 2. The summed E-state index contributed by atoms with van der Waals surface area (Å²) in [7, 11) is 3.14. The van der Waals surface area contributed by atoms with Crippen LogP contribution in [-0.4, -0.2) is 37.5 Å². The molecule has 0 fully saturated rings. The van der Waals surface area contributed by atoms with Crippen LogP contribution in [0.15, 0.2) is 18.2 Å². The topological polar surface area (TPSA) is 49.9 Å². The maximum Gasteiger partial charge on any atom is 0.410 e. The summed E-state index contributed by atoms with van der Waals surface area (Å²) in [6.07, 6.45) is -1.47. The van der Waals surface area contributed by atoms with Gasteiger partial charge in [0.1, 0.15) is 0 Å². The molecule has 5 nitrogen and oxygen atoms in total. The van der Waals surface area contributed by atoms with Crippen molar-refractivity contribution in [3.05, 3.63) is 28.8 Å². The Bertz CT molecular complexity index is 531. The van der Waals surface area contributed by atoms with Crippen LogP contribution < -0.4 is 4.90 Å². The van der Waals surface area contributed by atoms with Crippen LogP contribution in [0.2, 0.25) is 5.02 Å². The first-order valence-electron chi connectivity index (χ1n) is 5.94. The van der Waals surface area contributed by atoms with Gasteiger partial charge in [-0.3, -0.25) is 4.79 Å². The minimum atomic E-state index is -0.913. The highest BCUT2D eigenvalue weighted by molar-refractivity contribution is 6.31. The first kappa shape index (κ1) is 13.7. The SMILES string of the molecule is CCN1C(=O)C(OC(=O)N(C)C)c2cc(Cl)ccc21. The molecule has 1 heterocycles. The van der Waals surface area contributed by atoms with Crippen molar-refractivity contribution in [2.24, 2.45) is 0 Å². The van der Waals surface area contributed by atoms with Crippen molar-refractivity contribution in [3.8, 4) is 0 Å². The lowest BCUT2D eigenvalue weighted by atomic mass is 10.1. The molecule has 2 amide bonds. The highest BCUT2D eigenvalue weighted by Gasteiger charge is 2.39. The van der Waals surface area contributed by atoms with Crippen molar-refractivity contribution in [2.75, 3.05) is 25.5 Å². The van der Waals surface area contributed by atoms with E-state index in [0.29, 0.717) is 17.1 Å². The zero-order chi connectivity index (χ0) is 14.2. The Hall–Kier alpha value is -1.75. The molecule has 0 saturated heterocycles. The second-order valence-corrected chi connectivity index (χ2v) is 4.88. The standard InChI is InChI=1S/C13H15ClN2O3/c1-4-16-10-6-5-8(14)7-9(10)11(12(16)17)19-13(18)15(2)3/h5-7,11H,4H2,1-3H3. The summed E-state index contributed by atoms with van der Waals surface area (Å²) in [6, 6.07) is 5.15. The Morgan fingerprint density at radius 2 is 2.16 bits per heavy atom. The van der Waals surface area contributed by atoms with Gasteiger partial charge in [0.15, 0.2) is 0 Å². The van der Waals surface area contributed by atoms with Gasteiger partial charge in [-0.05, 0) is 25.1 Å². The molecule has 0 aliphatic carbocycles. The minimum Gasteiger partial charge on any atom is -0.431 e. The number of likely N-dealkylation sites (N-methyl/N-ethyl adjacent to an activating group) is 1. The van der Waals surface area contributed by atoms with Crippen molar-refractivity contribution in [2.45, 2.75) is 13.0 Å². The predicted molar refractivity (Wildman–Crippen MR) is 72.4 cm³/mol. The number of carbonyl (C=O) groups is 2. The van der Waals surface area contributed by atoms with Crippen LogP contribution in [0.5, 0.6) is 0 Å². The van der Waals surface area contributed by atoms with Crippen LogP contribution in [0.4, 0.5) is 10.5 Å². The number of halogens is 1. The van der Waals surface area contributed by atoms with E-state index in [9.17, 15) is 9.59 Å². The molecule has 0 saturated carbocycles. The highest BCUT2D eigenvalue weighted by Crippen LogP contribution is 2.39. The molecule has 1 atom stereocenters. The third kappa shape index (κ3) is 2.38. The van der Waals surface area contributed by atoms with E-state index in [-0.39, 0.29) is 5.91 Å². The van der Waals surface area contributed by atoms with E-state index in [0.717, 1.165) is 5.69 Å². The fraction of sp³-hybridized carbons (Fsp3) is 0.385. The van der Waals surface area contributed by atoms with Crippen molar-refractivity contribution >= 4 is 29.3 Å². The summed E-state index contributed by atoms with van der Waals surface area (Å²) >= 11 is 5.95. The van der Waals surface area contributed by atoms with Gasteiger partial charge < -0.3 is 14.5 Å². The van der Waals surface area contributed by atoms with Crippen LogP contribution in [0, 0.1) is 0 Å². The number of anilines is 1. The quantitative estimate of drug-likeness (QED) is 0.837. The molecule has 0 aromatic heterocycles. The summed E-state index contributed by atoms with van der Waals surface area (Å²) in [6.45, 7) is 2.38. The summed E-state index contributed by atoms with van der Waals surface area (Å²) in [5, 5.41) is 0.510. The van der Waals surface area contributed by atoms with Crippen molar-refractivity contribution in [1.82, 2.24) is 4.90 Å². The van der Waals surface area contributed by atoms with E-state index in [4.69, 9.17) is 16.3 Å². The van der Waals surface area contributed by atoms with Gasteiger partial charge in [0, 0.05) is 31.2 Å². The smallest absolute Gasteiger partial charge is 0.410 e. The average molecular weight is 283 g/mol. The first-order valence-corrected chi connectivity index (χ1v) is 6.32. The van der Waals surface area contributed by atoms with Gasteiger partial charge in [0.2, 0.25) is 6.10 Å². The zero-order valence-electron chi connectivity index (χ0n) is 11.0. The largest absolute Gasteiger partial charge is 0.431 e. The molecule has 0 bridgehead atoms. The van der Waals surface area contributed by atoms with Crippen molar-refractivity contribution < 1.29 is 14.3 Å². The average Bonchev–Trinajstić information content (AvgIpc) is 2.61. The van der Waals surface area contributed by atoms with E-state index in [1.54, 1.807) is 37.2 Å². The number of carbonyl (C=O) groups excluding carboxylic acids is 2. The number of amides is 2. The van der Waals surface area contributed by atoms with E-state index < -0.39 is 12.2 Å². The number of fused-ring (bicyclic) bond motifs is 1. The summed E-state index contributed by atoms with van der Waals surface area (Å²) in [4.78, 5) is 26.8. The van der Waals surface area contributed by atoms with Crippen molar-refractivity contribution in [3.63, 3.8) is 0 Å². The van der Waals surface area contributed by atoms with Gasteiger partial charge in [-0.15, -0.1) is 0 Å². The zero-order valence-corrected chi connectivity index (χ0v) is 11.8. The third-order valence-electron chi connectivity index (χ3n) is 2.95. The number of benzene rings is 1.